The number of pyridine rings is 1. The van der Waals surface area contributed by atoms with Gasteiger partial charge in [0.25, 0.3) is 0 Å². The lowest BCUT2D eigenvalue weighted by molar-refractivity contribution is 0.0738. The van der Waals surface area contributed by atoms with Gasteiger partial charge in [0.05, 0.1) is 5.56 Å². The third kappa shape index (κ3) is 2.63. The molecular weight excluding hydrogens is 260 g/mol. The monoisotopic (exact) mass is 284 g/mol. The van der Waals surface area contributed by atoms with E-state index in [0.29, 0.717) is 5.56 Å². The normalized spacial score (nSPS) is 19.5. The van der Waals surface area contributed by atoms with Gasteiger partial charge in [-0.3, -0.25) is 0 Å². The standard InChI is InChI=1S/C17H24N4/c1-21(2)17(8-5-9-17)12-19-16-14(11-18)10-13-6-3-4-7-15(13)20-16/h10H,3-9,12H2,1-2H3,(H,19,20). The van der Waals surface area contributed by atoms with Crippen molar-refractivity contribution in [1.82, 2.24) is 9.88 Å². The SMILES string of the molecule is CN(C)C1(CNc2nc3c(cc2C#N)CCCC3)CCC1. The van der Waals surface area contributed by atoms with Crippen molar-refractivity contribution in [2.45, 2.75) is 50.5 Å². The van der Waals surface area contributed by atoms with Crippen LogP contribution in [0.15, 0.2) is 6.07 Å². The first kappa shape index (κ1) is 14.3. The minimum absolute atomic E-state index is 0.240. The van der Waals surface area contributed by atoms with E-state index in [1.807, 2.05) is 6.07 Å². The van der Waals surface area contributed by atoms with E-state index in [2.05, 4.69) is 30.4 Å². The van der Waals surface area contributed by atoms with Gasteiger partial charge in [0.2, 0.25) is 0 Å². The minimum Gasteiger partial charge on any atom is -0.367 e. The second kappa shape index (κ2) is 5.65. The van der Waals surface area contributed by atoms with Crippen molar-refractivity contribution >= 4 is 5.82 Å². The van der Waals surface area contributed by atoms with Crippen LogP contribution in [0.3, 0.4) is 0 Å². The van der Waals surface area contributed by atoms with E-state index in [1.54, 1.807) is 0 Å². The average Bonchev–Trinajstić information content (AvgIpc) is 2.44. The Morgan fingerprint density at radius 3 is 2.67 bits per heavy atom. The molecular formula is C17H24N4. The molecule has 4 heteroatoms. The fourth-order valence-electron chi connectivity index (χ4n) is 3.47. The summed E-state index contributed by atoms with van der Waals surface area (Å²) >= 11 is 0. The number of nitrogens with zero attached hydrogens (tertiary/aromatic N) is 3. The first-order valence-corrected chi connectivity index (χ1v) is 7.99. The Hall–Kier alpha value is -1.60. The molecule has 1 fully saturated rings. The van der Waals surface area contributed by atoms with E-state index >= 15 is 0 Å². The molecule has 0 radical (unpaired) electrons. The fourth-order valence-corrected chi connectivity index (χ4v) is 3.47. The van der Waals surface area contributed by atoms with Gasteiger partial charge < -0.3 is 10.2 Å². The molecule has 1 saturated carbocycles. The molecule has 3 rings (SSSR count). The number of hydrogen-bond acceptors (Lipinski definition) is 4. The van der Waals surface area contributed by atoms with Crippen molar-refractivity contribution in [3.63, 3.8) is 0 Å². The van der Waals surface area contributed by atoms with E-state index in [1.165, 1.54) is 43.4 Å². The van der Waals surface area contributed by atoms with Gasteiger partial charge in [-0.25, -0.2) is 4.98 Å². The number of aryl methyl sites for hydroxylation is 2. The van der Waals surface area contributed by atoms with Gasteiger partial charge in [0.15, 0.2) is 0 Å². The lowest BCUT2D eigenvalue weighted by Crippen LogP contribution is -2.54. The summed E-state index contributed by atoms with van der Waals surface area (Å²) in [6.07, 6.45) is 8.29. The highest BCUT2D eigenvalue weighted by Gasteiger charge is 2.39. The van der Waals surface area contributed by atoms with Gasteiger partial charge in [-0.2, -0.15) is 5.26 Å². The third-order valence-electron chi connectivity index (χ3n) is 5.24. The van der Waals surface area contributed by atoms with Crippen LogP contribution in [0.1, 0.15) is 48.9 Å². The second-order valence-electron chi connectivity index (χ2n) is 6.64. The zero-order chi connectivity index (χ0) is 14.9. The van der Waals surface area contributed by atoms with Crippen LogP contribution in [0.5, 0.6) is 0 Å². The molecule has 0 atom stereocenters. The van der Waals surface area contributed by atoms with Crippen LogP contribution in [0.2, 0.25) is 0 Å². The van der Waals surface area contributed by atoms with Crippen molar-refractivity contribution in [3.05, 3.63) is 22.9 Å². The molecule has 0 spiro atoms. The summed E-state index contributed by atoms with van der Waals surface area (Å²) in [5.74, 6) is 0.784. The molecule has 0 unspecified atom stereocenters. The summed E-state index contributed by atoms with van der Waals surface area (Å²) in [6.45, 7) is 0.875. The van der Waals surface area contributed by atoms with Gasteiger partial charge >= 0.3 is 0 Å². The number of likely N-dealkylation sites (N-methyl/N-ethyl adjacent to an activating group) is 1. The highest BCUT2D eigenvalue weighted by Crippen LogP contribution is 2.36. The summed E-state index contributed by atoms with van der Waals surface area (Å²) in [7, 11) is 4.29. The number of hydrogen-bond donors (Lipinski definition) is 1. The number of nitriles is 1. The van der Waals surface area contributed by atoms with Crippen LogP contribution in [0, 0.1) is 11.3 Å². The van der Waals surface area contributed by atoms with Crippen molar-refractivity contribution < 1.29 is 0 Å². The number of rotatable bonds is 4. The molecule has 1 aromatic heterocycles. The van der Waals surface area contributed by atoms with Crippen molar-refractivity contribution in [3.8, 4) is 6.07 Å². The zero-order valence-electron chi connectivity index (χ0n) is 13.1. The van der Waals surface area contributed by atoms with E-state index in [0.717, 1.165) is 25.2 Å². The van der Waals surface area contributed by atoms with Gasteiger partial charge in [-0.15, -0.1) is 0 Å². The van der Waals surface area contributed by atoms with Gasteiger partial charge in [-0.1, -0.05) is 0 Å². The lowest BCUT2D eigenvalue weighted by Gasteiger charge is -2.47. The Labute approximate surface area is 127 Å². The van der Waals surface area contributed by atoms with Crippen molar-refractivity contribution in [2.75, 3.05) is 26.0 Å². The molecule has 0 saturated heterocycles. The molecule has 4 nitrogen and oxygen atoms in total. The molecule has 21 heavy (non-hydrogen) atoms. The van der Waals surface area contributed by atoms with Crippen molar-refractivity contribution in [2.24, 2.45) is 0 Å². The van der Waals surface area contributed by atoms with E-state index in [9.17, 15) is 5.26 Å². The van der Waals surface area contributed by atoms with Crippen LogP contribution >= 0.6 is 0 Å². The maximum atomic E-state index is 9.39. The lowest BCUT2D eigenvalue weighted by atomic mass is 9.75. The third-order valence-corrected chi connectivity index (χ3v) is 5.24. The van der Waals surface area contributed by atoms with Gasteiger partial charge in [-0.05, 0) is 70.7 Å². The first-order chi connectivity index (χ1) is 10.1. The zero-order valence-corrected chi connectivity index (χ0v) is 13.1. The maximum Gasteiger partial charge on any atom is 0.144 e. The maximum absolute atomic E-state index is 9.39. The topological polar surface area (TPSA) is 52.0 Å². The van der Waals surface area contributed by atoms with Crippen LogP contribution in [-0.4, -0.2) is 36.1 Å². The summed E-state index contributed by atoms with van der Waals surface area (Å²) < 4.78 is 0. The average molecular weight is 284 g/mol. The van der Waals surface area contributed by atoms with Crippen LogP contribution in [-0.2, 0) is 12.8 Å². The highest BCUT2D eigenvalue weighted by molar-refractivity contribution is 5.55. The van der Waals surface area contributed by atoms with Crippen molar-refractivity contribution in [1.29, 1.82) is 5.26 Å². The largest absolute Gasteiger partial charge is 0.367 e. The minimum atomic E-state index is 0.240. The Balaban J connectivity index is 1.80. The molecule has 1 N–H and O–H groups in total. The van der Waals surface area contributed by atoms with E-state index in [4.69, 9.17) is 4.98 Å². The molecule has 0 bridgehead atoms. The quantitative estimate of drug-likeness (QED) is 0.923. The number of nitrogens with one attached hydrogen (secondary N) is 1. The molecule has 1 heterocycles. The Kier molecular flexibility index (Phi) is 3.86. The number of aromatic nitrogens is 1. The molecule has 0 aromatic carbocycles. The summed E-state index contributed by atoms with van der Waals surface area (Å²) in [5, 5.41) is 12.9. The summed E-state index contributed by atoms with van der Waals surface area (Å²) in [5.41, 5.74) is 3.40. The molecule has 112 valence electrons. The fraction of sp³-hybridized carbons (Fsp3) is 0.647. The summed E-state index contributed by atoms with van der Waals surface area (Å²) in [6, 6.07) is 4.36. The first-order valence-electron chi connectivity index (χ1n) is 7.99. The predicted octanol–water partition coefficient (Wildman–Crippen LogP) is 2.73. The number of anilines is 1. The van der Waals surface area contributed by atoms with Crippen LogP contribution in [0.4, 0.5) is 5.82 Å². The van der Waals surface area contributed by atoms with E-state index < -0.39 is 0 Å². The molecule has 2 aliphatic carbocycles. The Morgan fingerprint density at radius 2 is 2.05 bits per heavy atom. The molecule has 1 aromatic rings. The van der Waals surface area contributed by atoms with Gasteiger partial charge in [0.1, 0.15) is 11.9 Å². The smallest absolute Gasteiger partial charge is 0.144 e. The van der Waals surface area contributed by atoms with Crippen LogP contribution < -0.4 is 5.32 Å². The molecule has 0 amide bonds. The Bertz CT molecular complexity index is 567. The van der Waals surface area contributed by atoms with E-state index in [-0.39, 0.29) is 5.54 Å². The molecule has 0 aliphatic heterocycles. The Morgan fingerprint density at radius 1 is 1.29 bits per heavy atom. The molecule has 2 aliphatic rings. The van der Waals surface area contributed by atoms with Gasteiger partial charge in [0, 0.05) is 17.8 Å². The highest BCUT2D eigenvalue weighted by atomic mass is 15.2. The number of fused-ring (bicyclic) bond motifs is 1. The van der Waals surface area contributed by atoms with Crippen LogP contribution in [0.25, 0.3) is 0 Å². The predicted molar refractivity (Wildman–Crippen MR) is 84.4 cm³/mol. The summed E-state index contributed by atoms with van der Waals surface area (Å²) in [4.78, 5) is 7.07. The second-order valence-corrected chi connectivity index (χ2v) is 6.64.